The molecule has 0 saturated heterocycles. The predicted octanol–water partition coefficient (Wildman–Crippen LogP) is 4.98. The molecule has 4 nitrogen and oxygen atoms in total. The van der Waals surface area contributed by atoms with Crippen molar-refractivity contribution in [2.45, 2.75) is 26.2 Å². The summed E-state index contributed by atoms with van der Waals surface area (Å²) in [6.45, 7) is 6.53. The third kappa shape index (κ3) is 3.06. The van der Waals surface area contributed by atoms with Gasteiger partial charge in [0.15, 0.2) is 0 Å². The minimum absolute atomic E-state index is 0.0199. The first-order chi connectivity index (χ1) is 12.5. The van der Waals surface area contributed by atoms with E-state index < -0.39 is 0 Å². The van der Waals surface area contributed by atoms with Crippen molar-refractivity contribution in [1.29, 1.82) is 0 Å². The van der Waals surface area contributed by atoms with Gasteiger partial charge in [-0.2, -0.15) is 5.10 Å². The van der Waals surface area contributed by atoms with Crippen LogP contribution in [0.4, 0.5) is 0 Å². The Bertz CT molecular complexity index is 1050. The molecule has 0 radical (unpaired) electrons. The van der Waals surface area contributed by atoms with Crippen molar-refractivity contribution < 1.29 is 0 Å². The zero-order chi connectivity index (χ0) is 18.1. The highest BCUT2D eigenvalue weighted by atomic mass is 15.4. The Morgan fingerprint density at radius 3 is 2.19 bits per heavy atom. The van der Waals surface area contributed by atoms with Gasteiger partial charge in [0.05, 0.1) is 23.8 Å². The summed E-state index contributed by atoms with van der Waals surface area (Å²) in [6.07, 6.45) is 6.01. The summed E-state index contributed by atoms with van der Waals surface area (Å²) in [7, 11) is 0. The fourth-order valence-electron chi connectivity index (χ4n) is 2.88. The summed E-state index contributed by atoms with van der Waals surface area (Å²) in [6, 6.07) is 20.4. The van der Waals surface area contributed by atoms with E-state index in [0.29, 0.717) is 0 Å². The van der Waals surface area contributed by atoms with E-state index in [-0.39, 0.29) is 5.41 Å². The minimum atomic E-state index is -0.0199. The van der Waals surface area contributed by atoms with E-state index in [4.69, 9.17) is 4.98 Å². The standard InChI is InChI=1S/C22H22N4/c1-22(2,3)20-16-25-19(18-12-8-5-9-13-18)15-26(21(25)24-20)23-14-17-10-6-4-7-11-17/h4-16H,1-3H3/b23-14+. The molecule has 0 aliphatic rings. The maximum absolute atomic E-state index is 4.85. The van der Waals surface area contributed by atoms with Gasteiger partial charge in [0.25, 0.3) is 0 Å². The fraction of sp³-hybridized carbons (Fsp3) is 0.182. The maximum atomic E-state index is 4.85. The van der Waals surface area contributed by atoms with Crippen LogP contribution in [0.1, 0.15) is 32.0 Å². The molecule has 130 valence electrons. The van der Waals surface area contributed by atoms with E-state index in [1.54, 1.807) is 0 Å². The summed E-state index contributed by atoms with van der Waals surface area (Å²) in [5.74, 6) is 0.820. The molecule has 0 fully saturated rings. The van der Waals surface area contributed by atoms with Crippen molar-refractivity contribution >= 4 is 12.0 Å². The van der Waals surface area contributed by atoms with Gasteiger partial charge in [-0.15, -0.1) is 0 Å². The first kappa shape index (κ1) is 16.3. The number of aromatic nitrogens is 3. The average Bonchev–Trinajstić information content (AvgIpc) is 3.21. The molecule has 0 atom stereocenters. The van der Waals surface area contributed by atoms with Crippen LogP contribution >= 0.6 is 0 Å². The van der Waals surface area contributed by atoms with Gasteiger partial charge < -0.3 is 0 Å². The molecule has 4 aromatic rings. The van der Waals surface area contributed by atoms with E-state index in [2.05, 4.69) is 48.6 Å². The lowest BCUT2D eigenvalue weighted by molar-refractivity contribution is 0.572. The molecule has 0 N–H and O–H groups in total. The van der Waals surface area contributed by atoms with Crippen LogP contribution in [0.3, 0.4) is 0 Å². The van der Waals surface area contributed by atoms with E-state index >= 15 is 0 Å². The third-order valence-electron chi connectivity index (χ3n) is 4.37. The van der Waals surface area contributed by atoms with Crippen molar-refractivity contribution in [2.75, 3.05) is 0 Å². The number of nitrogens with zero attached hydrogens (tertiary/aromatic N) is 4. The molecule has 0 unspecified atom stereocenters. The Kier molecular flexibility index (Phi) is 3.96. The van der Waals surface area contributed by atoms with Gasteiger partial charge in [-0.05, 0) is 5.56 Å². The number of fused-ring (bicyclic) bond motifs is 1. The first-order valence-electron chi connectivity index (χ1n) is 8.78. The van der Waals surface area contributed by atoms with Crippen LogP contribution in [0.15, 0.2) is 78.2 Å². The molecule has 0 bridgehead atoms. The Hall–Kier alpha value is -3.14. The molecule has 0 amide bonds. The highest BCUT2D eigenvalue weighted by Gasteiger charge is 2.21. The van der Waals surface area contributed by atoms with Crippen LogP contribution in [0.5, 0.6) is 0 Å². The third-order valence-corrected chi connectivity index (χ3v) is 4.37. The molecule has 4 rings (SSSR count). The molecule has 0 aliphatic carbocycles. The van der Waals surface area contributed by atoms with E-state index in [1.165, 1.54) is 0 Å². The van der Waals surface area contributed by atoms with Gasteiger partial charge in [-0.1, -0.05) is 81.4 Å². The van der Waals surface area contributed by atoms with Gasteiger partial charge >= 0.3 is 0 Å². The number of hydrogen-bond donors (Lipinski definition) is 0. The number of imidazole rings is 2. The summed E-state index contributed by atoms with van der Waals surface area (Å²) < 4.78 is 3.98. The van der Waals surface area contributed by atoms with E-state index in [0.717, 1.165) is 28.3 Å². The Morgan fingerprint density at radius 2 is 1.54 bits per heavy atom. The zero-order valence-corrected chi connectivity index (χ0v) is 15.3. The molecule has 2 aromatic heterocycles. The van der Waals surface area contributed by atoms with Gasteiger partial charge in [0.2, 0.25) is 5.78 Å². The van der Waals surface area contributed by atoms with Crippen LogP contribution in [0, 0.1) is 0 Å². The predicted molar refractivity (Wildman–Crippen MR) is 107 cm³/mol. The second kappa shape index (κ2) is 6.30. The van der Waals surface area contributed by atoms with Gasteiger partial charge in [-0.25, -0.2) is 9.66 Å². The molecule has 0 aliphatic heterocycles. The van der Waals surface area contributed by atoms with E-state index in [1.807, 2.05) is 65.6 Å². The van der Waals surface area contributed by atoms with Gasteiger partial charge in [0.1, 0.15) is 0 Å². The maximum Gasteiger partial charge on any atom is 0.235 e. The molecule has 4 heteroatoms. The molecular weight excluding hydrogens is 320 g/mol. The Balaban J connectivity index is 1.87. The second-order valence-electron chi connectivity index (χ2n) is 7.43. The summed E-state index contributed by atoms with van der Waals surface area (Å²) >= 11 is 0. The quantitative estimate of drug-likeness (QED) is 0.483. The van der Waals surface area contributed by atoms with Gasteiger partial charge in [0, 0.05) is 17.2 Å². The van der Waals surface area contributed by atoms with Crippen LogP contribution in [0.2, 0.25) is 0 Å². The second-order valence-corrected chi connectivity index (χ2v) is 7.43. The van der Waals surface area contributed by atoms with Gasteiger partial charge in [-0.3, -0.25) is 4.40 Å². The SMILES string of the molecule is CC(C)(C)c1cn2c(-c3ccccc3)cn(/N=C/c3ccccc3)c2n1. The van der Waals surface area contributed by atoms with Crippen molar-refractivity contribution in [3.63, 3.8) is 0 Å². The smallest absolute Gasteiger partial charge is 0.235 e. The lowest BCUT2D eigenvalue weighted by Crippen LogP contribution is -2.11. The first-order valence-corrected chi connectivity index (χ1v) is 8.78. The van der Waals surface area contributed by atoms with Crippen molar-refractivity contribution in [3.8, 4) is 11.3 Å². The van der Waals surface area contributed by atoms with Crippen LogP contribution in [-0.4, -0.2) is 20.3 Å². The molecule has 2 aromatic carbocycles. The average molecular weight is 342 g/mol. The molecule has 0 spiro atoms. The number of benzene rings is 2. The number of rotatable bonds is 3. The molecule has 2 heterocycles. The van der Waals surface area contributed by atoms with Crippen LogP contribution in [0.25, 0.3) is 17.0 Å². The largest absolute Gasteiger partial charge is 0.282 e. The van der Waals surface area contributed by atoms with Crippen LogP contribution < -0.4 is 0 Å². The molecular formula is C22H22N4. The fourth-order valence-corrected chi connectivity index (χ4v) is 2.88. The van der Waals surface area contributed by atoms with E-state index in [9.17, 15) is 0 Å². The highest BCUT2D eigenvalue weighted by molar-refractivity contribution is 5.79. The Labute approximate surface area is 153 Å². The van der Waals surface area contributed by atoms with Crippen LogP contribution in [-0.2, 0) is 5.41 Å². The monoisotopic (exact) mass is 342 g/mol. The topological polar surface area (TPSA) is 34.6 Å². The van der Waals surface area contributed by atoms with Crippen molar-refractivity contribution in [1.82, 2.24) is 14.1 Å². The number of hydrogen-bond acceptors (Lipinski definition) is 2. The molecule has 0 saturated carbocycles. The zero-order valence-electron chi connectivity index (χ0n) is 15.3. The normalized spacial score (nSPS) is 12.3. The lowest BCUT2D eigenvalue weighted by Gasteiger charge is -2.14. The highest BCUT2D eigenvalue weighted by Crippen LogP contribution is 2.27. The summed E-state index contributed by atoms with van der Waals surface area (Å²) in [4.78, 5) is 4.85. The minimum Gasteiger partial charge on any atom is -0.282 e. The van der Waals surface area contributed by atoms with Crippen molar-refractivity contribution in [2.24, 2.45) is 5.10 Å². The summed E-state index contributed by atoms with van der Waals surface area (Å²) in [5.41, 5.74) is 4.31. The Morgan fingerprint density at radius 1 is 0.885 bits per heavy atom. The summed E-state index contributed by atoms with van der Waals surface area (Å²) in [5, 5.41) is 4.65. The molecule has 26 heavy (non-hydrogen) atoms. The van der Waals surface area contributed by atoms with Crippen molar-refractivity contribution in [3.05, 3.63) is 84.3 Å². The lowest BCUT2D eigenvalue weighted by atomic mass is 9.93.